The predicted octanol–water partition coefficient (Wildman–Crippen LogP) is 13.7. The Balaban J connectivity index is 1.15. The fourth-order valence-electron chi connectivity index (χ4n) is 9.00. The summed E-state index contributed by atoms with van der Waals surface area (Å²) in [5, 5.41) is 7.09. The molecule has 0 bridgehead atoms. The minimum atomic E-state index is -0.436. The van der Waals surface area contributed by atoms with Crippen LogP contribution in [0.1, 0.15) is 22.3 Å². The van der Waals surface area contributed by atoms with E-state index in [0.29, 0.717) is 0 Å². The fraction of sp³-hybridized carbons (Fsp3) is 0.0196. The zero-order chi connectivity index (χ0) is 34.9. The summed E-state index contributed by atoms with van der Waals surface area (Å²) < 4.78 is 6.27. The maximum atomic E-state index is 6.27. The van der Waals surface area contributed by atoms with Gasteiger partial charge in [-0.05, 0) is 110 Å². The standard InChI is InChI=1S/C51H33NO/c1-4-14-36(15-5-1)51(37-16-6-2-7-17-37)47-22-12-10-20-41(47)45-32-40(28-29-48(45)51)52(38-18-8-3-9-19-38)39-27-26-34-24-25-35-30-50-46(33-44(35)43(34)31-39)42-21-11-13-23-49(42)53-50/h1-33H. The lowest BCUT2D eigenvalue weighted by molar-refractivity contribution is 0.669. The number of furan rings is 1. The molecule has 2 heteroatoms. The van der Waals surface area contributed by atoms with Crippen LogP contribution in [0.2, 0.25) is 0 Å². The van der Waals surface area contributed by atoms with Crippen LogP contribution in [-0.2, 0) is 5.41 Å². The first kappa shape index (κ1) is 29.8. The van der Waals surface area contributed by atoms with Gasteiger partial charge in [-0.15, -0.1) is 0 Å². The van der Waals surface area contributed by atoms with E-state index in [2.05, 4.69) is 193 Å². The molecule has 0 fully saturated rings. The van der Waals surface area contributed by atoms with Gasteiger partial charge in [0, 0.05) is 27.8 Å². The molecule has 9 aromatic carbocycles. The van der Waals surface area contributed by atoms with Gasteiger partial charge in [0.05, 0.1) is 5.41 Å². The van der Waals surface area contributed by atoms with Crippen LogP contribution < -0.4 is 4.90 Å². The number of para-hydroxylation sites is 2. The van der Waals surface area contributed by atoms with Crippen molar-refractivity contribution in [3.8, 4) is 11.1 Å². The highest BCUT2D eigenvalue weighted by atomic mass is 16.3. The molecule has 1 aliphatic carbocycles. The van der Waals surface area contributed by atoms with Gasteiger partial charge in [0.15, 0.2) is 0 Å². The van der Waals surface area contributed by atoms with E-state index in [1.54, 1.807) is 0 Å². The molecular formula is C51H33NO. The van der Waals surface area contributed by atoms with E-state index in [4.69, 9.17) is 4.42 Å². The van der Waals surface area contributed by atoms with Crippen molar-refractivity contribution in [2.75, 3.05) is 4.90 Å². The molecule has 2 nitrogen and oxygen atoms in total. The minimum Gasteiger partial charge on any atom is -0.456 e. The van der Waals surface area contributed by atoms with Crippen molar-refractivity contribution in [2.24, 2.45) is 0 Å². The van der Waals surface area contributed by atoms with Gasteiger partial charge in [0.25, 0.3) is 0 Å². The molecule has 1 aliphatic rings. The molecule has 11 rings (SSSR count). The summed E-state index contributed by atoms with van der Waals surface area (Å²) in [5.41, 5.74) is 12.4. The van der Waals surface area contributed by atoms with Crippen molar-refractivity contribution in [1.29, 1.82) is 0 Å². The molecule has 1 aromatic heterocycles. The van der Waals surface area contributed by atoms with Crippen molar-refractivity contribution in [2.45, 2.75) is 5.41 Å². The number of benzene rings is 9. The Morgan fingerprint density at radius 3 is 1.72 bits per heavy atom. The Morgan fingerprint density at radius 1 is 0.340 bits per heavy atom. The molecule has 248 valence electrons. The largest absolute Gasteiger partial charge is 0.456 e. The first-order valence-electron chi connectivity index (χ1n) is 18.3. The van der Waals surface area contributed by atoms with Gasteiger partial charge in [-0.1, -0.05) is 146 Å². The highest BCUT2D eigenvalue weighted by molar-refractivity contribution is 6.17. The maximum absolute atomic E-state index is 6.27. The SMILES string of the molecule is c1ccc(N(c2ccc3c(c2)-c2ccccc2C3(c2ccccc2)c2ccccc2)c2ccc3ccc4cc5oc6ccccc6c5cc4c3c2)cc1. The Hall–Kier alpha value is -6.90. The molecule has 10 aromatic rings. The minimum absolute atomic E-state index is 0.436. The van der Waals surface area contributed by atoms with Crippen molar-refractivity contribution in [3.05, 3.63) is 222 Å². The molecule has 0 saturated heterocycles. The van der Waals surface area contributed by atoms with Crippen molar-refractivity contribution in [3.63, 3.8) is 0 Å². The molecule has 0 radical (unpaired) electrons. The maximum Gasteiger partial charge on any atom is 0.136 e. The molecule has 53 heavy (non-hydrogen) atoms. The second-order valence-electron chi connectivity index (χ2n) is 14.1. The number of nitrogens with zero attached hydrogens (tertiary/aromatic N) is 1. The topological polar surface area (TPSA) is 16.4 Å². The van der Waals surface area contributed by atoms with E-state index in [-0.39, 0.29) is 0 Å². The average molecular weight is 676 g/mol. The van der Waals surface area contributed by atoms with E-state index < -0.39 is 5.41 Å². The number of anilines is 3. The third-order valence-electron chi connectivity index (χ3n) is 11.3. The van der Waals surface area contributed by atoms with Crippen LogP contribution in [0.4, 0.5) is 17.1 Å². The lowest BCUT2D eigenvalue weighted by Gasteiger charge is -2.34. The van der Waals surface area contributed by atoms with Crippen LogP contribution in [0.15, 0.2) is 205 Å². The van der Waals surface area contributed by atoms with Gasteiger partial charge in [-0.2, -0.15) is 0 Å². The highest BCUT2D eigenvalue weighted by Gasteiger charge is 2.46. The van der Waals surface area contributed by atoms with Gasteiger partial charge in [-0.3, -0.25) is 0 Å². The Bertz CT molecular complexity index is 2960. The fourth-order valence-corrected chi connectivity index (χ4v) is 9.00. The molecule has 0 atom stereocenters. The quantitative estimate of drug-likeness (QED) is 0.169. The molecule has 0 aliphatic heterocycles. The molecule has 0 amide bonds. The Kier molecular flexibility index (Phi) is 6.50. The van der Waals surface area contributed by atoms with Crippen molar-refractivity contribution in [1.82, 2.24) is 0 Å². The third kappa shape index (κ3) is 4.39. The predicted molar refractivity (Wildman–Crippen MR) is 221 cm³/mol. The van der Waals surface area contributed by atoms with Crippen LogP contribution in [0.3, 0.4) is 0 Å². The monoisotopic (exact) mass is 675 g/mol. The highest BCUT2D eigenvalue weighted by Crippen LogP contribution is 2.57. The second-order valence-corrected chi connectivity index (χ2v) is 14.1. The summed E-state index contributed by atoms with van der Waals surface area (Å²) in [6, 6.07) is 72.9. The summed E-state index contributed by atoms with van der Waals surface area (Å²) in [6.07, 6.45) is 0. The van der Waals surface area contributed by atoms with E-state index in [1.165, 1.54) is 54.9 Å². The molecule has 1 heterocycles. The summed E-state index contributed by atoms with van der Waals surface area (Å²) in [4.78, 5) is 2.40. The Labute approximate surface area is 307 Å². The van der Waals surface area contributed by atoms with Crippen LogP contribution in [0.25, 0.3) is 54.6 Å². The molecule has 0 N–H and O–H groups in total. The van der Waals surface area contributed by atoms with Crippen LogP contribution in [-0.4, -0.2) is 0 Å². The van der Waals surface area contributed by atoms with Gasteiger partial charge in [-0.25, -0.2) is 0 Å². The smallest absolute Gasteiger partial charge is 0.136 e. The number of fused-ring (bicyclic) bond motifs is 9. The molecule has 0 unspecified atom stereocenters. The van der Waals surface area contributed by atoms with Crippen LogP contribution in [0.5, 0.6) is 0 Å². The number of hydrogen-bond donors (Lipinski definition) is 0. The lowest BCUT2D eigenvalue weighted by Crippen LogP contribution is -2.28. The normalized spacial score (nSPS) is 13.1. The molecular weight excluding hydrogens is 643 g/mol. The van der Waals surface area contributed by atoms with Crippen LogP contribution in [0, 0.1) is 0 Å². The summed E-state index contributed by atoms with van der Waals surface area (Å²) in [6.45, 7) is 0. The lowest BCUT2D eigenvalue weighted by atomic mass is 9.68. The van der Waals surface area contributed by atoms with Crippen molar-refractivity contribution >= 4 is 60.5 Å². The van der Waals surface area contributed by atoms with E-state index in [1.807, 2.05) is 12.1 Å². The van der Waals surface area contributed by atoms with E-state index >= 15 is 0 Å². The summed E-state index contributed by atoms with van der Waals surface area (Å²) in [7, 11) is 0. The number of rotatable bonds is 5. The van der Waals surface area contributed by atoms with Crippen LogP contribution >= 0.6 is 0 Å². The van der Waals surface area contributed by atoms with Gasteiger partial charge < -0.3 is 9.32 Å². The molecule has 0 spiro atoms. The van der Waals surface area contributed by atoms with Gasteiger partial charge >= 0.3 is 0 Å². The van der Waals surface area contributed by atoms with Gasteiger partial charge in [0.2, 0.25) is 0 Å². The third-order valence-corrected chi connectivity index (χ3v) is 11.3. The van der Waals surface area contributed by atoms with Gasteiger partial charge in [0.1, 0.15) is 11.2 Å². The zero-order valence-corrected chi connectivity index (χ0v) is 28.9. The summed E-state index contributed by atoms with van der Waals surface area (Å²) in [5.74, 6) is 0. The first-order valence-corrected chi connectivity index (χ1v) is 18.3. The first-order chi connectivity index (χ1) is 26.3. The number of hydrogen-bond acceptors (Lipinski definition) is 2. The second kappa shape index (κ2) is 11.6. The van der Waals surface area contributed by atoms with Crippen molar-refractivity contribution < 1.29 is 4.42 Å². The molecule has 0 saturated carbocycles. The Morgan fingerprint density at radius 2 is 0.925 bits per heavy atom. The van der Waals surface area contributed by atoms with E-state index in [0.717, 1.165) is 39.0 Å². The van der Waals surface area contributed by atoms with E-state index in [9.17, 15) is 0 Å². The summed E-state index contributed by atoms with van der Waals surface area (Å²) >= 11 is 0. The average Bonchev–Trinajstić information content (AvgIpc) is 3.74. The zero-order valence-electron chi connectivity index (χ0n) is 28.9.